The fourth-order valence-corrected chi connectivity index (χ4v) is 5.07. The maximum atomic E-state index is 12.2. The standard InChI is InChI=1S/C24H42O3S/c1-2-3-4-5-6-7-8-9-10-11-12-13-14-16-19-23(25)22-28(26,27)24-20-17-15-18-21-24/h15,17-18,20-21,23,25H,2-14,16,19,22H2,1H3/t23-/m0/s1. The van der Waals surface area contributed by atoms with E-state index in [1.807, 2.05) is 0 Å². The zero-order chi connectivity index (χ0) is 20.5. The van der Waals surface area contributed by atoms with E-state index in [0.29, 0.717) is 11.3 Å². The SMILES string of the molecule is CCCCCCCCCCCCCCCC[C@H](O)CS(=O)(=O)c1ccccc1. The van der Waals surface area contributed by atoms with E-state index in [9.17, 15) is 13.5 Å². The largest absolute Gasteiger partial charge is 0.392 e. The van der Waals surface area contributed by atoms with Crippen molar-refractivity contribution in [3.05, 3.63) is 30.3 Å². The molecule has 0 unspecified atom stereocenters. The molecule has 1 aromatic carbocycles. The van der Waals surface area contributed by atoms with E-state index in [2.05, 4.69) is 6.92 Å². The Bertz CT molecular complexity index is 569. The highest BCUT2D eigenvalue weighted by molar-refractivity contribution is 7.91. The van der Waals surface area contributed by atoms with Crippen molar-refractivity contribution in [3.63, 3.8) is 0 Å². The molecule has 0 aliphatic heterocycles. The highest BCUT2D eigenvalue weighted by Crippen LogP contribution is 2.16. The number of sulfone groups is 1. The third-order valence-electron chi connectivity index (χ3n) is 5.41. The summed E-state index contributed by atoms with van der Waals surface area (Å²) in [5, 5.41) is 10.1. The summed E-state index contributed by atoms with van der Waals surface area (Å²) < 4.78 is 24.5. The minimum absolute atomic E-state index is 0.171. The van der Waals surface area contributed by atoms with Gasteiger partial charge in [-0.15, -0.1) is 0 Å². The van der Waals surface area contributed by atoms with Gasteiger partial charge in [0.1, 0.15) is 0 Å². The van der Waals surface area contributed by atoms with E-state index in [1.165, 1.54) is 77.0 Å². The molecule has 0 saturated carbocycles. The summed E-state index contributed by atoms with van der Waals surface area (Å²) >= 11 is 0. The van der Waals surface area contributed by atoms with Gasteiger partial charge in [0.2, 0.25) is 0 Å². The third kappa shape index (κ3) is 12.6. The van der Waals surface area contributed by atoms with Crippen LogP contribution < -0.4 is 0 Å². The van der Waals surface area contributed by atoms with Crippen molar-refractivity contribution >= 4 is 9.84 Å². The van der Waals surface area contributed by atoms with Gasteiger partial charge in [0.05, 0.1) is 16.8 Å². The molecule has 1 rings (SSSR count). The quantitative estimate of drug-likeness (QED) is 0.274. The van der Waals surface area contributed by atoms with Crippen LogP contribution in [0.5, 0.6) is 0 Å². The fourth-order valence-electron chi connectivity index (χ4n) is 3.64. The number of hydrogen-bond acceptors (Lipinski definition) is 3. The lowest BCUT2D eigenvalue weighted by atomic mass is 10.0. The van der Waals surface area contributed by atoms with E-state index >= 15 is 0 Å². The Hall–Kier alpha value is -0.870. The molecule has 0 saturated heterocycles. The molecule has 1 aromatic rings. The average molecular weight is 411 g/mol. The van der Waals surface area contributed by atoms with Crippen molar-refractivity contribution in [2.75, 3.05) is 5.75 Å². The van der Waals surface area contributed by atoms with E-state index in [-0.39, 0.29) is 5.75 Å². The van der Waals surface area contributed by atoms with Crippen LogP contribution in [0.25, 0.3) is 0 Å². The normalized spacial score (nSPS) is 12.9. The molecule has 0 spiro atoms. The fraction of sp³-hybridized carbons (Fsp3) is 0.750. The first kappa shape index (κ1) is 25.2. The smallest absolute Gasteiger partial charge is 0.180 e. The molecule has 1 atom stereocenters. The lowest BCUT2D eigenvalue weighted by Gasteiger charge is -2.11. The first-order valence-corrected chi connectivity index (χ1v) is 13.2. The highest BCUT2D eigenvalue weighted by Gasteiger charge is 2.19. The molecule has 0 fully saturated rings. The Morgan fingerprint density at radius 3 is 1.61 bits per heavy atom. The van der Waals surface area contributed by atoms with Crippen LogP contribution in [0.2, 0.25) is 0 Å². The summed E-state index contributed by atoms with van der Waals surface area (Å²) in [6.07, 6.45) is 18.0. The molecular weight excluding hydrogens is 368 g/mol. The van der Waals surface area contributed by atoms with Gasteiger partial charge in [0.25, 0.3) is 0 Å². The highest BCUT2D eigenvalue weighted by atomic mass is 32.2. The predicted octanol–water partition coefficient (Wildman–Crippen LogP) is 6.69. The summed E-state index contributed by atoms with van der Waals surface area (Å²) in [6, 6.07) is 8.41. The monoisotopic (exact) mass is 410 g/mol. The molecule has 0 aliphatic carbocycles. The zero-order valence-electron chi connectivity index (χ0n) is 17.9. The van der Waals surface area contributed by atoms with Crippen molar-refractivity contribution in [1.29, 1.82) is 0 Å². The van der Waals surface area contributed by atoms with E-state index in [4.69, 9.17) is 0 Å². The van der Waals surface area contributed by atoms with Crippen molar-refractivity contribution < 1.29 is 13.5 Å². The summed E-state index contributed by atoms with van der Waals surface area (Å²) in [5.41, 5.74) is 0. The van der Waals surface area contributed by atoms with Crippen LogP contribution in [0.1, 0.15) is 103 Å². The van der Waals surface area contributed by atoms with Crippen molar-refractivity contribution in [2.24, 2.45) is 0 Å². The second kappa shape index (κ2) is 16.0. The Morgan fingerprint density at radius 2 is 1.14 bits per heavy atom. The number of unbranched alkanes of at least 4 members (excludes halogenated alkanes) is 13. The first-order chi connectivity index (χ1) is 13.6. The first-order valence-electron chi connectivity index (χ1n) is 11.5. The van der Waals surface area contributed by atoms with E-state index in [1.54, 1.807) is 30.3 Å². The van der Waals surface area contributed by atoms with Gasteiger partial charge >= 0.3 is 0 Å². The molecule has 28 heavy (non-hydrogen) atoms. The Balaban J connectivity index is 1.93. The van der Waals surface area contributed by atoms with Gasteiger partial charge in [-0.2, -0.15) is 0 Å². The van der Waals surface area contributed by atoms with Crippen molar-refractivity contribution in [1.82, 2.24) is 0 Å². The number of benzene rings is 1. The molecule has 1 N–H and O–H groups in total. The molecule has 0 bridgehead atoms. The van der Waals surface area contributed by atoms with Crippen LogP contribution in [0.4, 0.5) is 0 Å². The van der Waals surface area contributed by atoms with Gasteiger partial charge in [-0.3, -0.25) is 0 Å². The number of aliphatic hydroxyl groups is 1. The number of rotatable bonds is 18. The summed E-state index contributed by atoms with van der Waals surface area (Å²) in [5.74, 6) is -0.171. The van der Waals surface area contributed by atoms with Crippen LogP contribution >= 0.6 is 0 Å². The van der Waals surface area contributed by atoms with Crippen LogP contribution in [0, 0.1) is 0 Å². The molecule has 3 nitrogen and oxygen atoms in total. The molecule has 0 heterocycles. The van der Waals surface area contributed by atoms with Crippen LogP contribution in [-0.4, -0.2) is 25.4 Å². The van der Waals surface area contributed by atoms with Gasteiger partial charge in [-0.05, 0) is 18.6 Å². The van der Waals surface area contributed by atoms with Gasteiger partial charge in [-0.1, -0.05) is 115 Å². The average Bonchev–Trinajstić information content (AvgIpc) is 2.68. The van der Waals surface area contributed by atoms with Gasteiger partial charge < -0.3 is 5.11 Å². The summed E-state index contributed by atoms with van der Waals surface area (Å²) in [6.45, 7) is 2.26. The molecule has 0 radical (unpaired) electrons. The predicted molar refractivity (Wildman–Crippen MR) is 119 cm³/mol. The van der Waals surface area contributed by atoms with Crippen molar-refractivity contribution in [3.8, 4) is 0 Å². The molecule has 4 heteroatoms. The van der Waals surface area contributed by atoms with Gasteiger partial charge in [0.15, 0.2) is 9.84 Å². The number of aliphatic hydroxyl groups excluding tert-OH is 1. The minimum atomic E-state index is -3.38. The molecule has 0 aliphatic rings. The van der Waals surface area contributed by atoms with Crippen LogP contribution in [-0.2, 0) is 9.84 Å². The Kier molecular flexibility index (Phi) is 14.4. The van der Waals surface area contributed by atoms with Crippen LogP contribution in [0.15, 0.2) is 35.2 Å². The third-order valence-corrected chi connectivity index (χ3v) is 7.22. The second-order valence-corrected chi connectivity index (χ2v) is 10.2. The van der Waals surface area contributed by atoms with E-state index in [0.717, 1.165) is 12.8 Å². The molecule has 0 amide bonds. The lowest BCUT2D eigenvalue weighted by Crippen LogP contribution is -2.20. The zero-order valence-corrected chi connectivity index (χ0v) is 18.8. The Morgan fingerprint density at radius 1 is 0.714 bits per heavy atom. The second-order valence-electron chi connectivity index (χ2n) is 8.13. The molecule has 0 aromatic heterocycles. The maximum Gasteiger partial charge on any atom is 0.180 e. The van der Waals surface area contributed by atoms with Gasteiger partial charge in [0, 0.05) is 0 Å². The summed E-state index contributed by atoms with van der Waals surface area (Å²) in [4.78, 5) is 0.301. The summed E-state index contributed by atoms with van der Waals surface area (Å²) in [7, 11) is -3.38. The topological polar surface area (TPSA) is 54.4 Å². The Labute approximate surface area is 173 Å². The van der Waals surface area contributed by atoms with E-state index < -0.39 is 15.9 Å². The maximum absolute atomic E-state index is 12.2. The minimum Gasteiger partial charge on any atom is -0.392 e. The van der Waals surface area contributed by atoms with Crippen LogP contribution in [0.3, 0.4) is 0 Å². The molecular formula is C24H42O3S. The van der Waals surface area contributed by atoms with Gasteiger partial charge in [-0.25, -0.2) is 8.42 Å². The lowest BCUT2D eigenvalue weighted by molar-refractivity contribution is 0.182. The van der Waals surface area contributed by atoms with Crippen molar-refractivity contribution in [2.45, 2.75) is 114 Å². The number of hydrogen-bond donors (Lipinski definition) is 1. The molecule has 162 valence electrons.